The summed E-state index contributed by atoms with van der Waals surface area (Å²) in [5.74, 6) is 0.769. The summed E-state index contributed by atoms with van der Waals surface area (Å²) in [5.41, 5.74) is 2.48. The lowest BCUT2D eigenvalue weighted by Gasteiger charge is -2.15. The van der Waals surface area contributed by atoms with E-state index in [-0.39, 0.29) is 18.0 Å². The summed E-state index contributed by atoms with van der Waals surface area (Å²) in [6, 6.07) is 15.8. The summed E-state index contributed by atoms with van der Waals surface area (Å²) in [6.07, 6.45) is 2.22. The second-order valence-corrected chi connectivity index (χ2v) is 9.15. The fraction of sp³-hybridized carbons (Fsp3) is 0.167. The van der Waals surface area contributed by atoms with Crippen LogP contribution in [0, 0.1) is 0 Å². The molecule has 0 N–H and O–H groups in total. The lowest BCUT2D eigenvalue weighted by atomic mass is 10.1. The highest BCUT2D eigenvalue weighted by molar-refractivity contribution is 7.98. The number of rotatable bonds is 7. The third-order valence-electron chi connectivity index (χ3n) is 5.22. The number of benzene rings is 1. The molecule has 178 valence electrons. The van der Waals surface area contributed by atoms with Gasteiger partial charge in [0.25, 0.3) is 5.56 Å². The molecule has 1 unspecified atom stereocenters. The van der Waals surface area contributed by atoms with Crippen LogP contribution in [0.4, 0.5) is 4.39 Å². The Kier molecular flexibility index (Phi) is 6.35. The second-order valence-electron chi connectivity index (χ2n) is 7.80. The topological polar surface area (TPSA) is 83.5 Å². The molecular formula is C24H20FN5O3S2. The molecular weight excluding hydrogens is 489 g/mol. The number of thiol groups is 2. The Morgan fingerprint density at radius 1 is 1.09 bits per heavy atom. The molecule has 5 aromatic rings. The van der Waals surface area contributed by atoms with E-state index in [9.17, 15) is 9.18 Å². The second kappa shape index (κ2) is 9.59. The number of halogens is 1. The number of hydrogen-bond acceptors (Lipinski definition) is 8. The third-order valence-corrected chi connectivity index (χ3v) is 5.43. The van der Waals surface area contributed by atoms with Gasteiger partial charge in [0.05, 0.1) is 5.69 Å². The van der Waals surface area contributed by atoms with Crippen LogP contribution in [0.15, 0.2) is 71.9 Å². The number of nitrogens with zero attached hydrogens (tertiary/aromatic N) is 5. The fourth-order valence-corrected chi connectivity index (χ4v) is 3.92. The average molecular weight is 510 g/mol. The van der Waals surface area contributed by atoms with Crippen LogP contribution in [0.3, 0.4) is 0 Å². The molecule has 1 aromatic carbocycles. The van der Waals surface area contributed by atoms with Gasteiger partial charge >= 0.3 is 0 Å². The summed E-state index contributed by atoms with van der Waals surface area (Å²) in [5, 5.41) is 8.62. The number of pyridine rings is 3. The number of aromatic nitrogens is 5. The number of ether oxygens (including phenoxy) is 2. The molecule has 0 spiro atoms. The van der Waals surface area contributed by atoms with E-state index >= 15 is 0 Å². The van der Waals surface area contributed by atoms with Crippen LogP contribution in [-0.4, -0.2) is 41.7 Å². The predicted molar refractivity (Wildman–Crippen MR) is 138 cm³/mol. The lowest BCUT2D eigenvalue weighted by Crippen LogP contribution is -2.21. The first kappa shape index (κ1) is 23.2. The van der Waals surface area contributed by atoms with Crippen LogP contribution >= 0.6 is 25.3 Å². The summed E-state index contributed by atoms with van der Waals surface area (Å²) in [4.78, 5) is 18.3. The van der Waals surface area contributed by atoms with Gasteiger partial charge in [-0.1, -0.05) is 0 Å². The van der Waals surface area contributed by atoms with Crippen LogP contribution in [0.1, 0.15) is 6.92 Å². The van der Waals surface area contributed by atoms with E-state index in [0.717, 1.165) is 0 Å². The SMILES string of the molecule is CC(F)COc1ccc2cc(-c3ccc4nncn4c3)c(=O)n(-c3ccc(OC(S)S)cc3)c2n1. The van der Waals surface area contributed by atoms with Crippen LogP contribution in [0.5, 0.6) is 11.6 Å². The fourth-order valence-electron chi connectivity index (χ4n) is 3.68. The van der Waals surface area contributed by atoms with Gasteiger partial charge in [0.15, 0.2) is 16.1 Å². The van der Waals surface area contributed by atoms with Gasteiger partial charge in [0.1, 0.15) is 24.9 Å². The van der Waals surface area contributed by atoms with Gasteiger partial charge in [-0.3, -0.25) is 13.8 Å². The number of hydrogen-bond donors (Lipinski definition) is 2. The molecule has 4 heterocycles. The van der Waals surface area contributed by atoms with Crippen molar-refractivity contribution < 1.29 is 13.9 Å². The van der Waals surface area contributed by atoms with Gasteiger partial charge in [-0.05, 0) is 55.5 Å². The van der Waals surface area contributed by atoms with Crippen molar-refractivity contribution in [2.24, 2.45) is 0 Å². The van der Waals surface area contributed by atoms with Crippen molar-refractivity contribution >= 4 is 41.9 Å². The summed E-state index contributed by atoms with van der Waals surface area (Å²) < 4.78 is 26.9. The van der Waals surface area contributed by atoms with Gasteiger partial charge < -0.3 is 9.47 Å². The maximum Gasteiger partial charge on any atom is 0.264 e. The first-order valence-electron chi connectivity index (χ1n) is 10.7. The van der Waals surface area contributed by atoms with Crippen LogP contribution in [0.2, 0.25) is 0 Å². The van der Waals surface area contributed by atoms with E-state index in [0.29, 0.717) is 39.2 Å². The molecule has 0 amide bonds. The molecule has 0 fully saturated rings. The maximum atomic E-state index is 13.8. The van der Waals surface area contributed by atoms with Gasteiger partial charge in [-0.2, -0.15) is 4.98 Å². The van der Waals surface area contributed by atoms with Crippen molar-refractivity contribution in [3.05, 3.63) is 77.5 Å². The van der Waals surface area contributed by atoms with E-state index in [1.165, 1.54) is 11.5 Å². The molecule has 4 aromatic heterocycles. The van der Waals surface area contributed by atoms with Gasteiger partial charge in [0, 0.05) is 28.8 Å². The minimum absolute atomic E-state index is 0.138. The van der Waals surface area contributed by atoms with Crippen molar-refractivity contribution in [1.82, 2.24) is 24.1 Å². The highest BCUT2D eigenvalue weighted by Crippen LogP contribution is 2.26. The molecule has 11 heteroatoms. The molecule has 1 atom stereocenters. The van der Waals surface area contributed by atoms with Gasteiger partial charge in [-0.15, -0.1) is 35.5 Å². The Labute approximate surface area is 210 Å². The Bertz CT molecular complexity index is 1570. The van der Waals surface area contributed by atoms with Crippen molar-refractivity contribution in [1.29, 1.82) is 0 Å². The Morgan fingerprint density at radius 2 is 1.89 bits per heavy atom. The Hall–Kier alpha value is -3.57. The Morgan fingerprint density at radius 3 is 2.63 bits per heavy atom. The average Bonchev–Trinajstić information content (AvgIpc) is 3.31. The maximum absolute atomic E-state index is 13.8. The summed E-state index contributed by atoms with van der Waals surface area (Å²) in [7, 11) is 0. The molecule has 0 bridgehead atoms. The van der Waals surface area contributed by atoms with E-state index in [4.69, 9.17) is 9.47 Å². The first-order chi connectivity index (χ1) is 16.9. The monoisotopic (exact) mass is 509 g/mol. The largest absolute Gasteiger partial charge is 0.475 e. The zero-order chi connectivity index (χ0) is 24.5. The van der Waals surface area contributed by atoms with Crippen LogP contribution in [-0.2, 0) is 0 Å². The van der Waals surface area contributed by atoms with E-state index in [1.54, 1.807) is 65.5 Å². The van der Waals surface area contributed by atoms with Crippen molar-refractivity contribution in [3.8, 4) is 28.4 Å². The molecule has 0 aliphatic carbocycles. The van der Waals surface area contributed by atoms with E-state index < -0.39 is 10.9 Å². The predicted octanol–water partition coefficient (Wildman–Crippen LogP) is 4.35. The summed E-state index contributed by atoms with van der Waals surface area (Å²) in [6.45, 7) is 1.26. The zero-order valence-electron chi connectivity index (χ0n) is 18.4. The highest BCUT2D eigenvalue weighted by atomic mass is 32.2. The lowest BCUT2D eigenvalue weighted by molar-refractivity contribution is 0.204. The third kappa shape index (κ3) is 4.82. The standard InChI is InChI=1S/C24H20FN5O3S2/c1-14(25)12-32-21-9-3-15-10-19(16-2-8-20-28-26-13-29(20)11-16)23(31)30(22(15)27-21)17-4-6-18(7-5-17)33-24(34)35/h2-11,13-14,24,34-35H,12H2,1H3. The molecule has 0 saturated carbocycles. The molecule has 8 nitrogen and oxygen atoms in total. The van der Waals surface area contributed by atoms with Gasteiger partial charge in [0.2, 0.25) is 5.88 Å². The molecule has 0 saturated heterocycles. The normalized spacial score (nSPS) is 12.4. The summed E-state index contributed by atoms with van der Waals surface area (Å²) >= 11 is 8.23. The van der Waals surface area contributed by atoms with Gasteiger partial charge in [-0.25, -0.2) is 4.39 Å². The van der Waals surface area contributed by atoms with Crippen LogP contribution < -0.4 is 15.0 Å². The van der Waals surface area contributed by atoms with E-state index in [2.05, 4.69) is 40.4 Å². The van der Waals surface area contributed by atoms with Crippen molar-refractivity contribution in [2.45, 2.75) is 17.9 Å². The Balaban J connectivity index is 1.70. The number of alkyl halides is 1. The van der Waals surface area contributed by atoms with Crippen molar-refractivity contribution in [2.75, 3.05) is 6.61 Å². The minimum Gasteiger partial charge on any atom is -0.475 e. The molecule has 0 aliphatic rings. The van der Waals surface area contributed by atoms with Crippen LogP contribution in [0.25, 0.3) is 33.5 Å². The van der Waals surface area contributed by atoms with Crippen molar-refractivity contribution in [3.63, 3.8) is 0 Å². The number of fused-ring (bicyclic) bond motifs is 2. The highest BCUT2D eigenvalue weighted by Gasteiger charge is 2.16. The molecule has 5 rings (SSSR count). The molecule has 0 radical (unpaired) electrons. The molecule has 0 aliphatic heterocycles. The smallest absolute Gasteiger partial charge is 0.264 e. The zero-order valence-corrected chi connectivity index (χ0v) is 20.2. The first-order valence-corrected chi connectivity index (χ1v) is 11.7. The molecule has 35 heavy (non-hydrogen) atoms. The minimum atomic E-state index is -1.15. The van der Waals surface area contributed by atoms with E-state index in [1.807, 2.05) is 6.07 Å². The quantitative estimate of drug-likeness (QED) is 0.251.